The molecule has 2 atom stereocenters. The van der Waals surface area contributed by atoms with E-state index in [1.807, 2.05) is 13.8 Å². The molecule has 0 spiro atoms. The number of nitro benzene ring substituents is 1. The van der Waals surface area contributed by atoms with E-state index < -0.39 is 14.9 Å². The number of carbonyl (C=O) groups excluding carboxylic acids is 1. The molecule has 0 radical (unpaired) electrons. The van der Waals surface area contributed by atoms with Crippen molar-refractivity contribution in [3.63, 3.8) is 0 Å². The second kappa shape index (κ2) is 9.53. The summed E-state index contributed by atoms with van der Waals surface area (Å²) in [6.45, 7) is 9.17. The maximum Gasteiger partial charge on any atom is 0.293 e. The van der Waals surface area contributed by atoms with Crippen LogP contribution in [0, 0.1) is 22.0 Å². The topological polar surface area (TPSA) is 113 Å². The van der Waals surface area contributed by atoms with Gasteiger partial charge in [0.1, 0.15) is 5.69 Å². The lowest BCUT2D eigenvalue weighted by molar-refractivity contribution is -0.384. The predicted molar refractivity (Wildman–Crippen MR) is 111 cm³/mol. The lowest BCUT2D eigenvalue weighted by Gasteiger charge is -2.34. The standard InChI is InChI=1S/C19H30N4O5S/c1-5-20-19(24)13-21(6-2)17-8-7-16(10-18(17)23(25)26)29(27,28)22-11-14(3)9-15(4)12-22/h7-8,10,14-15H,5-6,9,11-13H2,1-4H3,(H,20,24)/t14-,15-/m0/s1. The Balaban J connectivity index is 2.40. The van der Waals surface area contributed by atoms with E-state index >= 15 is 0 Å². The Morgan fingerprint density at radius 2 is 1.90 bits per heavy atom. The van der Waals surface area contributed by atoms with Crippen molar-refractivity contribution < 1.29 is 18.1 Å². The number of nitrogens with one attached hydrogen (secondary N) is 1. The number of sulfonamides is 1. The molecule has 1 N–H and O–H groups in total. The van der Waals surface area contributed by atoms with Gasteiger partial charge in [0.2, 0.25) is 15.9 Å². The molecular weight excluding hydrogens is 396 g/mol. The summed E-state index contributed by atoms with van der Waals surface area (Å²) >= 11 is 0. The first-order valence-electron chi connectivity index (χ1n) is 9.90. The molecule has 1 amide bonds. The maximum atomic E-state index is 13.1. The molecule has 0 unspecified atom stereocenters. The highest BCUT2D eigenvalue weighted by molar-refractivity contribution is 7.89. The van der Waals surface area contributed by atoms with Gasteiger partial charge >= 0.3 is 0 Å². The number of nitrogens with zero attached hydrogens (tertiary/aromatic N) is 3. The van der Waals surface area contributed by atoms with Crippen molar-refractivity contribution in [1.29, 1.82) is 0 Å². The number of anilines is 1. The van der Waals surface area contributed by atoms with Gasteiger partial charge in [0.25, 0.3) is 5.69 Å². The van der Waals surface area contributed by atoms with Crippen LogP contribution in [0.1, 0.15) is 34.1 Å². The van der Waals surface area contributed by atoms with E-state index in [1.165, 1.54) is 16.4 Å². The Kier molecular flexibility index (Phi) is 7.59. The highest BCUT2D eigenvalue weighted by atomic mass is 32.2. The van der Waals surface area contributed by atoms with Crippen LogP contribution in [-0.2, 0) is 14.8 Å². The average molecular weight is 427 g/mol. The van der Waals surface area contributed by atoms with Gasteiger partial charge in [-0.1, -0.05) is 13.8 Å². The molecule has 1 aromatic rings. The molecule has 0 aromatic heterocycles. The number of rotatable bonds is 8. The lowest BCUT2D eigenvalue weighted by atomic mass is 9.94. The van der Waals surface area contributed by atoms with Crippen LogP contribution in [0.4, 0.5) is 11.4 Å². The number of hydrogen-bond donors (Lipinski definition) is 1. The Bertz CT molecular complexity index is 848. The summed E-state index contributed by atoms with van der Waals surface area (Å²) in [6, 6.07) is 3.92. The van der Waals surface area contributed by atoms with Crippen molar-refractivity contribution in [2.75, 3.05) is 37.6 Å². The molecule has 1 fully saturated rings. The van der Waals surface area contributed by atoms with Gasteiger partial charge in [-0.3, -0.25) is 14.9 Å². The fraction of sp³-hybridized carbons (Fsp3) is 0.632. The van der Waals surface area contributed by atoms with Gasteiger partial charge in [0.05, 0.1) is 16.4 Å². The molecule has 0 bridgehead atoms. The summed E-state index contributed by atoms with van der Waals surface area (Å²) in [4.78, 5) is 24.5. The number of likely N-dealkylation sites (N-methyl/N-ethyl adjacent to an activating group) is 2. The van der Waals surface area contributed by atoms with E-state index in [-0.39, 0.29) is 40.6 Å². The van der Waals surface area contributed by atoms with Crippen LogP contribution < -0.4 is 10.2 Å². The highest BCUT2D eigenvalue weighted by Crippen LogP contribution is 2.33. The van der Waals surface area contributed by atoms with Gasteiger partial charge in [0.15, 0.2) is 0 Å². The quantitative estimate of drug-likeness (QED) is 0.504. The molecule has 10 heteroatoms. The number of hydrogen-bond acceptors (Lipinski definition) is 6. The minimum Gasteiger partial charge on any atom is -0.357 e. The Morgan fingerprint density at radius 3 is 2.41 bits per heavy atom. The third-order valence-corrected chi connectivity index (χ3v) is 6.88. The maximum absolute atomic E-state index is 13.1. The first kappa shape index (κ1) is 23.1. The number of carbonyl (C=O) groups is 1. The Morgan fingerprint density at radius 1 is 1.28 bits per heavy atom. The second-order valence-electron chi connectivity index (χ2n) is 7.64. The predicted octanol–water partition coefficient (Wildman–Crippen LogP) is 2.22. The first-order valence-corrected chi connectivity index (χ1v) is 11.3. The molecule has 0 aliphatic carbocycles. The van der Waals surface area contributed by atoms with Crippen molar-refractivity contribution in [3.05, 3.63) is 28.3 Å². The fourth-order valence-electron chi connectivity index (χ4n) is 3.82. The van der Waals surface area contributed by atoms with Gasteiger partial charge < -0.3 is 10.2 Å². The van der Waals surface area contributed by atoms with Crippen LogP contribution in [0.25, 0.3) is 0 Å². The first-order chi connectivity index (χ1) is 13.6. The molecule has 9 nitrogen and oxygen atoms in total. The zero-order chi connectivity index (χ0) is 21.8. The monoisotopic (exact) mass is 426 g/mol. The Labute approximate surface area is 172 Å². The molecule has 0 saturated carbocycles. The SMILES string of the molecule is CCNC(=O)CN(CC)c1ccc(S(=O)(=O)N2C[C@@H](C)C[C@H](C)C2)cc1[N+](=O)[O-]. The fourth-order valence-corrected chi connectivity index (χ4v) is 5.52. The summed E-state index contributed by atoms with van der Waals surface area (Å²) in [5.74, 6) is 0.211. The van der Waals surface area contributed by atoms with Gasteiger partial charge in [-0.25, -0.2) is 8.42 Å². The summed E-state index contributed by atoms with van der Waals surface area (Å²) in [6.07, 6.45) is 0.955. The van der Waals surface area contributed by atoms with Crippen molar-refractivity contribution in [1.82, 2.24) is 9.62 Å². The van der Waals surface area contributed by atoms with Crippen LogP contribution in [0.5, 0.6) is 0 Å². The molecule has 1 aromatic carbocycles. The van der Waals surface area contributed by atoms with Crippen molar-refractivity contribution in [2.24, 2.45) is 11.8 Å². The molecule has 29 heavy (non-hydrogen) atoms. The summed E-state index contributed by atoms with van der Waals surface area (Å²) in [5, 5.41) is 14.3. The average Bonchev–Trinajstić information content (AvgIpc) is 2.65. The van der Waals surface area contributed by atoms with Crippen LogP contribution in [0.3, 0.4) is 0 Å². The van der Waals surface area contributed by atoms with Gasteiger partial charge in [-0.05, 0) is 44.2 Å². The minimum atomic E-state index is -3.83. The number of piperidine rings is 1. The zero-order valence-corrected chi connectivity index (χ0v) is 18.2. The molecule has 1 aliphatic heterocycles. The van der Waals surface area contributed by atoms with Gasteiger partial charge in [-0.2, -0.15) is 4.31 Å². The molecule has 1 heterocycles. The summed E-state index contributed by atoms with van der Waals surface area (Å²) in [7, 11) is -3.83. The van der Waals surface area contributed by atoms with Crippen molar-refractivity contribution in [2.45, 2.75) is 39.0 Å². The highest BCUT2D eigenvalue weighted by Gasteiger charge is 2.33. The van der Waals surface area contributed by atoms with Crippen molar-refractivity contribution in [3.8, 4) is 0 Å². The van der Waals surface area contributed by atoms with E-state index in [2.05, 4.69) is 5.32 Å². The lowest BCUT2D eigenvalue weighted by Crippen LogP contribution is -2.42. The largest absolute Gasteiger partial charge is 0.357 e. The third kappa shape index (κ3) is 5.45. The number of amides is 1. The van der Waals surface area contributed by atoms with Crippen LogP contribution in [-0.4, -0.2) is 56.3 Å². The molecule has 1 aliphatic rings. The molecule has 1 saturated heterocycles. The summed E-state index contributed by atoms with van der Waals surface area (Å²) < 4.78 is 27.6. The molecular formula is C19H30N4O5S. The minimum absolute atomic E-state index is 0.0432. The second-order valence-corrected chi connectivity index (χ2v) is 9.58. The third-order valence-electron chi connectivity index (χ3n) is 5.05. The molecule has 2 rings (SSSR count). The number of nitro groups is 1. The van der Waals surface area contributed by atoms with E-state index in [0.29, 0.717) is 26.2 Å². The van der Waals surface area contributed by atoms with Crippen LogP contribution in [0.15, 0.2) is 23.1 Å². The number of benzene rings is 1. The molecule has 162 valence electrons. The van der Waals surface area contributed by atoms with E-state index in [4.69, 9.17) is 0 Å². The van der Waals surface area contributed by atoms with Gasteiger partial charge in [-0.15, -0.1) is 0 Å². The summed E-state index contributed by atoms with van der Waals surface area (Å²) in [5.41, 5.74) is -0.0987. The van der Waals surface area contributed by atoms with E-state index in [1.54, 1.807) is 18.7 Å². The van der Waals surface area contributed by atoms with E-state index in [0.717, 1.165) is 12.5 Å². The van der Waals surface area contributed by atoms with E-state index in [9.17, 15) is 23.3 Å². The normalized spacial score (nSPS) is 20.3. The van der Waals surface area contributed by atoms with Crippen LogP contribution >= 0.6 is 0 Å². The zero-order valence-electron chi connectivity index (χ0n) is 17.4. The van der Waals surface area contributed by atoms with Gasteiger partial charge in [0, 0.05) is 32.2 Å². The van der Waals surface area contributed by atoms with Crippen LogP contribution in [0.2, 0.25) is 0 Å². The van der Waals surface area contributed by atoms with Crippen molar-refractivity contribution >= 4 is 27.3 Å². The Hall–Kier alpha value is -2.20. The smallest absolute Gasteiger partial charge is 0.293 e.